The van der Waals surface area contributed by atoms with Crippen LogP contribution in [0.1, 0.15) is 36.8 Å². The number of hydrogen-bond donors (Lipinski definition) is 2. The molecule has 1 aromatic heterocycles. The van der Waals surface area contributed by atoms with Gasteiger partial charge >= 0.3 is 6.18 Å². The number of aromatic nitrogens is 3. The molecule has 0 aliphatic carbocycles. The fourth-order valence-corrected chi connectivity index (χ4v) is 5.12. The van der Waals surface area contributed by atoms with E-state index in [1.54, 1.807) is 28.0 Å². The van der Waals surface area contributed by atoms with Crippen LogP contribution in [0, 0.1) is 5.92 Å². The van der Waals surface area contributed by atoms with Gasteiger partial charge in [-0.15, -0.1) is 0 Å². The molecule has 2 aliphatic heterocycles. The number of nitrogens with zero attached hydrogens (tertiary/aromatic N) is 4. The van der Waals surface area contributed by atoms with Gasteiger partial charge in [0.1, 0.15) is 11.0 Å². The Hall–Kier alpha value is -3.96. The molecule has 3 amide bonds. The van der Waals surface area contributed by atoms with Gasteiger partial charge < -0.3 is 15.1 Å². The molecule has 2 aliphatic rings. The number of aryl methyl sites for hydroxylation is 1. The molecular formula is C26H27F3N6O3. The summed E-state index contributed by atoms with van der Waals surface area (Å²) >= 11 is 0. The predicted octanol–water partition coefficient (Wildman–Crippen LogP) is 3.39. The molecule has 2 aromatic carbocycles. The normalized spacial score (nSPS) is 18.8. The molecule has 3 heterocycles. The topological polar surface area (TPSA) is 111 Å². The highest BCUT2D eigenvalue weighted by molar-refractivity contribution is 5.98. The number of alkyl halides is 3. The van der Waals surface area contributed by atoms with Crippen molar-refractivity contribution in [2.75, 3.05) is 25.0 Å². The van der Waals surface area contributed by atoms with Crippen LogP contribution in [0.5, 0.6) is 0 Å². The number of piperidine rings is 1. The van der Waals surface area contributed by atoms with E-state index in [0.29, 0.717) is 61.2 Å². The van der Waals surface area contributed by atoms with Gasteiger partial charge in [-0.3, -0.25) is 14.4 Å². The van der Waals surface area contributed by atoms with Crippen LogP contribution in [0.4, 0.5) is 18.9 Å². The molecule has 38 heavy (non-hydrogen) atoms. The largest absolute Gasteiger partial charge is 0.416 e. The van der Waals surface area contributed by atoms with Crippen molar-refractivity contribution in [3.63, 3.8) is 0 Å². The first kappa shape index (κ1) is 25.7. The van der Waals surface area contributed by atoms with Crippen LogP contribution in [0.2, 0.25) is 0 Å². The van der Waals surface area contributed by atoms with E-state index in [0.717, 1.165) is 12.1 Å². The van der Waals surface area contributed by atoms with Gasteiger partial charge in [-0.1, -0.05) is 12.1 Å². The lowest BCUT2D eigenvalue weighted by Crippen LogP contribution is -2.47. The minimum Gasteiger partial charge on any atom is -0.343 e. The maximum atomic E-state index is 12.8. The van der Waals surface area contributed by atoms with Gasteiger partial charge in [-0.05, 0) is 55.2 Å². The Bertz CT molecular complexity index is 1330. The van der Waals surface area contributed by atoms with Crippen molar-refractivity contribution in [1.29, 1.82) is 0 Å². The standard InChI is InChI=1S/C26H27F3N6O3/c27-26(28,29)18-4-1-16(2-5-18)3-8-23(36)34-11-9-20(10-12-34)35-15-17(13-24(35)37)25(38)30-19-6-7-21-22(14-19)32-33-31-21/h1-2,4-7,14,17,20H,3,8-13,15H2,(H,30,38)(H,31,32,33). The summed E-state index contributed by atoms with van der Waals surface area (Å²) in [7, 11) is 0. The van der Waals surface area contributed by atoms with E-state index in [9.17, 15) is 27.6 Å². The van der Waals surface area contributed by atoms with Crippen molar-refractivity contribution in [2.45, 2.75) is 44.3 Å². The number of anilines is 1. The summed E-state index contributed by atoms with van der Waals surface area (Å²) in [5, 5.41) is 13.4. The summed E-state index contributed by atoms with van der Waals surface area (Å²) in [6.07, 6.45) is -2.43. The quantitative estimate of drug-likeness (QED) is 0.510. The predicted molar refractivity (Wildman–Crippen MR) is 132 cm³/mol. The monoisotopic (exact) mass is 528 g/mol. The summed E-state index contributed by atoms with van der Waals surface area (Å²) in [5.41, 5.74) is 1.88. The first-order valence-corrected chi connectivity index (χ1v) is 12.5. The third-order valence-corrected chi connectivity index (χ3v) is 7.28. The van der Waals surface area contributed by atoms with E-state index in [1.807, 2.05) is 0 Å². The van der Waals surface area contributed by atoms with Crippen LogP contribution in [0.15, 0.2) is 42.5 Å². The number of halogens is 3. The third kappa shape index (κ3) is 5.63. The van der Waals surface area contributed by atoms with Crippen molar-refractivity contribution < 1.29 is 27.6 Å². The maximum Gasteiger partial charge on any atom is 0.416 e. The van der Waals surface area contributed by atoms with Crippen LogP contribution >= 0.6 is 0 Å². The van der Waals surface area contributed by atoms with Gasteiger partial charge in [0, 0.05) is 44.2 Å². The van der Waals surface area contributed by atoms with Crippen molar-refractivity contribution in [3.05, 3.63) is 53.6 Å². The number of rotatable bonds is 6. The molecule has 12 heteroatoms. The van der Waals surface area contributed by atoms with Gasteiger partial charge in [-0.25, -0.2) is 0 Å². The molecule has 200 valence electrons. The van der Waals surface area contributed by atoms with E-state index in [4.69, 9.17) is 0 Å². The molecular weight excluding hydrogens is 501 g/mol. The molecule has 1 atom stereocenters. The lowest BCUT2D eigenvalue weighted by molar-refractivity contribution is -0.138. The number of aromatic amines is 1. The molecule has 0 bridgehead atoms. The van der Waals surface area contributed by atoms with E-state index in [-0.39, 0.29) is 36.6 Å². The number of nitrogens with one attached hydrogen (secondary N) is 2. The lowest BCUT2D eigenvalue weighted by atomic mass is 10.0. The Morgan fingerprint density at radius 1 is 1.03 bits per heavy atom. The summed E-state index contributed by atoms with van der Waals surface area (Å²) in [5.74, 6) is -0.805. The summed E-state index contributed by atoms with van der Waals surface area (Å²) in [6, 6.07) is 10.0. The van der Waals surface area contributed by atoms with Gasteiger partial charge in [0.2, 0.25) is 17.7 Å². The third-order valence-electron chi connectivity index (χ3n) is 7.28. The van der Waals surface area contributed by atoms with Crippen molar-refractivity contribution in [2.24, 2.45) is 5.92 Å². The molecule has 0 saturated carbocycles. The number of benzene rings is 2. The SMILES string of the molecule is O=C(Nc1ccc2n[nH]nc2c1)C1CC(=O)N(C2CCN(C(=O)CCc3ccc(C(F)(F)F)cc3)CC2)C1. The Morgan fingerprint density at radius 2 is 1.74 bits per heavy atom. The molecule has 3 aromatic rings. The second-order valence-electron chi connectivity index (χ2n) is 9.77. The highest BCUT2D eigenvalue weighted by atomic mass is 19.4. The Kier molecular flexibility index (Phi) is 7.04. The van der Waals surface area contributed by atoms with Gasteiger partial charge in [0.05, 0.1) is 11.5 Å². The summed E-state index contributed by atoms with van der Waals surface area (Å²) in [4.78, 5) is 41.7. The number of H-pyrrole nitrogens is 1. The van der Waals surface area contributed by atoms with Crippen LogP contribution in [-0.2, 0) is 27.0 Å². The maximum absolute atomic E-state index is 12.8. The van der Waals surface area contributed by atoms with Gasteiger partial charge in [0.25, 0.3) is 0 Å². The molecule has 5 rings (SSSR count). The molecule has 2 saturated heterocycles. The molecule has 9 nitrogen and oxygen atoms in total. The second kappa shape index (κ2) is 10.4. The zero-order valence-electron chi connectivity index (χ0n) is 20.5. The first-order chi connectivity index (χ1) is 18.2. The van der Waals surface area contributed by atoms with E-state index < -0.39 is 17.7 Å². The van der Waals surface area contributed by atoms with Crippen molar-refractivity contribution in [1.82, 2.24) is 25.2 Å². The van der Waals surface area contributed by atoms with Crippen molar-refractivity contribution in [3.8, 4) is 0 Å². The van der Waals surface area contributed by atoms with Gasteiger partial charge in [0.15, 0.2) is 0 Å². The number of fused-ring (bicyclic) bond motifs is 1. The lowest BCUT2D eigenvalue weighted by Gasteiger charge is -2.37. The Labute approximate surface area is 216 Å². The second-order valence-corrected chi connectivity index (χ2v) is 9.77. The Balaban J connectivity index is 1.08. The summed E-state index contributed by atoms with van der Waals surface area (Å²) < 4.78 is 38.2. The average Bonchev–Trinajstić information content (AvgIpc) is 3.53. The fourth-order valence-electron chi connectivity index (χ4n) is 5.12. The van der Waals surface area contributed by atoms with Gasteiger partial charge in [-0.2, -0.15) is 28.6 Å². The first-order valence-electron chi connectivity index (χ1n) is 12.5. The zero-order chi connectivity index (χ0) is 26.9. The zero-order valence-corrected chi connectivity index (χ0v) is 20.5. The van der Waals surface area contributed by atoms with Crippen LogP contribution in [0.25, 0.3) is 11.0 Å². The number of hydrogen-bond acceptors (Lipinski definition) is 5. The summed E-state index contributed by atoms with van der Waals surface area (Å²) in [6.45, 7) is 1.33. The fraction of sp³-hybridized carbons (Fsp3) is 0.423. The number of carbonyl (C=O) groups is 3. The molecule has 0 spiro atoms. The smallest absolute Gasteiger partial charge is 0.343 e. The number of likely N-dealkylation sites (tertiary alicyclic amines) is 2. The molecule has 2 N–H and O–H groups in total. The van der Waals surface area contributed by atoms with Crippen LogP contribution in [-0.4, -0.2) is 68.6 Å². The van der Waals surface area contributed by atoms with Crippen LogP contribution < -0.4 is 5.32 Å². The average molecular weight is 529 g/mol. The number of amides is 3. The van der Waals surface area contributed by atoms with E-state index >= 15 is 0 Å². The molecule has 1 unspecified atom stereocenters. The Morgan fingerprint density at radius 3 is 2.45 bits per heavy atom. The minimum atomic E-state index is -4.38. The highest BCUT2D eigenvalue weighted by Gasteiger charge is 2.39. The highest BCUT2D eigenvalue weighted by Crippen LogP contribution is 2.30. The van der Waals surface area contributed by atoms with Crippen molar-refractivity contribution >= 4 is 34.4 Å². The van der Waals surface area contributed by atoms with E-state index in [1.165, 1.54) is 12.1 Å². The molecule has 0 radical (unpaired) electrons. The van der Waals surface area contributed by atoms with E-state index in [2.05, 4.69) is 20.7 Å². The molecule has 2 fully saturated rings. The minimum absolute atomic E-state index is 0.0363. The number of carbonyl (C=O) groups excluding carboxylic acids is 3. The van der Waals surface area contributed by atoms with Crippen LogP contribution in [0.3, 0.4) is 0 Å².